The molecule has 1 aromatic rings. The summed E-state index contributed by atoms with van der Waals surface area (Å²) in [5.74, 6) is 0.865. The van der Waals surface area contributed by atoms with Gasteiger partial charge in [0, 0.05) is 43.8 Å². The molecule has 0 unspecified atom stereocenters. The molecule has 0 radical (unpaired) electrons. The van der Waals surface area contributed by atoms with E-state index in [1.807, 2.05) is 19.2 Å². The predicted octanol–water partition coefficient (Wildman–Crippen LogP) is 3.74. The van der Waals surface area contributed by atoms with Crippen LogP contribution in [0.15, 0.2) is 29.3 Å². The third kappa shape index (κ3) is 5.12. The van der Waals surface area contributed by atoms with Crippen molar-refractivity contribution in [3.8, 4) is 0 Å². The van der Waals surface area contributed by atoms with Gasteiger partial charge in [-0.2, -0.15) is 0 Å². The monoisotopic (exact) mass is 351 g/mol. The van der Waals surface area contributed by atoms with Crippen molar-refractivity contribution in [1.29, 1.82) is 0 Å². The molecule has 1 aliphatic rings. The van der Waals surface area contributed by atoms with Crippen LogP contribution >= 0.6 is 11.6 Å². The number of ether oxygens (including phenoxy) is 1. The maximum Gasteiger partial charge on any atom is 0.191 e. The summed E-state index contributed by atoms with van der Waals surface area (Å²) in [5, 5.41) is 7.75. The number of nitrogens with one attached hydrogen (secondary N) is 2. The molecular weight excluding hydrogens is 322 g/mol. The van der Waals surface area contributed by atoms with Gasteiger partial charge >= 0.3 is 0 Å². The maximum absolute atomic E-state index is 6.50. The van der Waals surface area contributed by atoms with E-state index in [2.05, 4.69) is 34.7 Å². The van der Waals surface area contributed by atoms with Crippen molar-refractivity contribution in [2.45, 2.75) is 44.4 Å². The van der Waals surface area contributed by atoms with Crippen LogP contribution in [0, 0.1) is 0 Å². The summed E-state index contributed by atoms with van der Waals surface area (Å²) >= 11 is 6.50. The molecule has 0 spiro atoms. The van der Waals surface area contributed by atoms with Crippen molar-refractivity contribution in [2.24, 2.45) is 4.99 Å². The second-order valence-electron chi connectivity index (χ2n) is 6.43. The molecule has 1 saturated heterocycles. The van der Waals surface area contributed by atoms with Gasteiger partial charge in [-0.15, -0.1) is 0 Å². The van der Waals surface area contributed by atoms with Crippen LogP contribution in [0.4, 0.5) is 0 Å². The molecule has 1 fully saturated rings. The van der Waals surface area contributed by atoms with E-state index in [1.54, 1.807) is 0 Å². The summed E-state index contributed by atoms with van der Waals surface area (Å²) in [6, 6.07) is 8.18. The van der Waals surface area contributed by atoms with E-state index in [9.17, 15) is 0 Å². The van der Waals surface area contributed by atoms with Crippen LogP contribution in [-0.2, 0) is 10.2 Å². The van der Waals surface area contributed by atoms with Crippen LogP contribution in [0.2, 0.25) is 5.02 Å². The number of hydrogen-bond acceptors (Lipinski definition) is 2. The third-order valence-electron chi connectivity index (χ3n) is 4.79. The van der Waals surface area contributed by atoms with Crippen molar-refractivity contribution >= 4 is 17.6 Å². The predicted molar refractivity (Wildman–Crippen MR) is 102 cm³/mol. The van der Waals surface area contributed by atoms with Crippen LogP contribution in [-0.4, -0.2) is 39.3 Å². The molecule has 1 aliphatic heterocycles. The van der Waals surface area contributed by atoms with E-state index in [0.29, 0.717) is 0 Å². The molecule has 1 heterocycles. The molecule has 0 aliphatic carbocycles. The van der Waals surface area contributed by atoms with E-state index in [1.165, 1.54) is 24.8 Å². The average molecular weight is 352 g/mol. The first-order valence-corrected chi connectivity index (χ1v) is 9.37. The smallest absolute Gasteiger partial charge is 0.191 e. The highest BCUT2D eigenvalue weighted by Gasteiger charge is 2.36. The van der Waals surface area contributed by atoms with E-state index in [4.69, 9.17) is 16.3 Å². The van der Waals surface area contributed by atoms with Gasteiger partial charge in [0.2, 0.25) is 0 Å². The summed E-state index contributed by atoms with van der Waals surface area (Å²) in [4.78, 5) is 4.35. The minimum Gasteiger partial charge on any atom is -0.381 e. The molecule has 1 aromatic carbocycles. The molecule has 0 amide bonds. The first-order valence-electron chi connectivity index (χ1n) is 8.99. The number of halogens is 1. The van der Waals surface area contributed by atoms with E-state index < -0.39 is 0 Å². The molecule has 4 nitrogen and oxygen atoms in total. The Labute approximate surface area is 151 Å². The Morgan fingerprint density at radius 2 is 1.96 bits per heavy atom. The number of aliphatic imine (C=N–C) groups is 1. The topological polar surface area (TPSA) is 45.7 Å². The minimum absolute atomic E-state index is 0.00235. The minimum atomic E-state index is -0.00235. The van der Waals surface area contributed by atoms with E-state index in [0.717, 1.165) is 50.1 Å². The third-order valence-corrected chi connectivity index (χ3v) is 5.12. The van der Waals surface area contributed by atoms with Gasteiger partial charge in [0.1, 0.15) is 0 Å². The van der Waals surface area contributed by atoms with E-state index in [-0.39, 0.29) is 5.41 Å². The lowest BCUT2D eigenvalue weighted by Crippen LogP contribution is -2.48. The molecule has 0 atom stereocenters. The largest absolute Gasteiger partial charge is 0.381 e. The Morgan fingerprint density at radius 1 is 1.21 bits per heavy atom. The molecule has 0 saturated carbocycles. The lowest BCUT2D eigenvalue weighted by atomic mass is 9.74. The summed E-state index contributed by atoms with van der Waals surface area (Å²) in [6.45, 7) is 5.53. The lowest BCUT2D eigenvalue weighted by molar-refractivity contribution is 0.0514. The Hall–Kier alpha value is -1.26. The zero-order valence-electron chi connectivity index (χ0n) is 14.9. The second kappa shape index (κ2) is 9.90. The molecular formula is C19H30ClN3O. The SMILES string of the molecule is CCCCCNC(=NC)NCC1(c2ccccc2Cl)CCOCC1. The molecule has 2 N–H and O–H groups in total. The van der Waals surface area contributed by atoms with Crippen LogP contribution < -0.4 is 10.6 Å². The number of unbranched alkanes of at least 4 members (excludes halogenated alkanes) is 2. The number of rotatable bonds is 7. The van der Waals surface area contributed by atoms with Crippen LogP contribution in [0.3, 0.4) is 0 Å². The van der Waals surface area contributed by atoms with Gasteiger partial charge in [0.15, 0.2) is 5.96 Å². The van der Waals surface area contributed by atoms with Gasteiger partial charge < -0.3 is 15.4 Å². The van der Waals surface area contributed by atoms with E-state index >= 15 is 0 Å². The maximum atomic E-state index is 6.50. The van der Waals surface area contributed by atoms with Gasteiger partial charge in [-0.3, -0.25) is 4.99 Å². The fourth-order valence-electron chi connectivity index (χ4n) is 3.25. The molecule has 2 rings (SSSR count). The average Bonchev–Trinajstić information content (AvgIpc) is 2.62. The molecule has 5 heteroatoms. The summed E-state index contributed by atoms with van der Waals surface area (Å²) in [7, 11) is 1.82. The highest BCUT2D eigenvalue weighted by Crippen LogP contribution is 2.38. The first kappa shape index (κ1) is 19.1. The Balaban J connectivity index is 2.03. The van der Waals surface area contributed by atoms with Crippen LogP contribution in [0.25, 0.3) is 0 Å². The number of guanidine groups is 1. The fourth-order valence-corrected chi connectivity index (χ4v) is 3.59. The first-order chi connectivity index (χ1) is 11.7. The van der Waals surface area contributed by atoms with Crippen molar-refractivity contribution < 1.29 is 4.74 Å². The van der Waals surface area contributed by atoms with Crippen LogP contribution in [0.5, 0.6) is 0 Å². The molecule has 0 bridgehead atoms. The molecule has 134 valence electrons. The zero-order valence-corrected chi connectivity index (χ0v) is 15.7. The Morgan fingerprint density at radius 3 is 2.62 bits per heavy atom. The van der Waals surface area contributed by atoms with Gasteiger partial charge in [-0.05, 0) is 30.9 Å². The van der Waals surface area contributed by atoms with Gasteiger partial charge in [0.05, 0.1) is 0 Å². The quantitative estimate of drug-likeness (QED) is 0.447. The van der Waals surface area contributed by atoms with Crippen molar-refractivity contribution in [2.75, 3.05) is 33.4 Å². The van der Waals surface area contributed by atoms with Crippen molar-refractivity contribution in [3.05, 3.63) is 34.9 Å². The van der Waals surface area contributed by atoms with Crippen molar-refractivity contribution in [1.82, 2.24) is 10.6 Å². The van der Waals surface area contributed by atoms with Gasteiger partial charge in [0.25, 0.3) is 0 Å². The van der Waals surface area contributed by atoms with Gasteiger partial charge in [-0.25, -0.2) is 0 Å². The fraction of sp³-hybridized carbons (Fsp3) is 0.632. The molecule has 0 aromatic heterocycles. The van der Waals surface area contributed by atoms with Crippen molar-refractivity contribution in [3.63, 3.8) is 0 Å². The van der Waals surface area contributed by atoms with Crippen LogP contribution in [0.1, 0.15) is 44.6 Å². The summed E-state index contributed by atoms with van der Waals surface area (Å²) < 4.78 is 5.59. The lowest BCUT2D eigenvalue weighted by Gasteiger charge is -2.38. The number of hydrogen-bond donors (Lipinski definition) is 2. The number of benzene rings is 1. The second-order valence-corrected chi connectivity index (χ2v) is 6.84. The standard InChI is InChI=1S/C19H30ClN3O/c1-3-4-7-12-22-18(21-2)23-15-19(10-13-24-14-11-19)16-8-5-6-9-17(16)20/h5-6,8-9H,3-4,7,10-15H2,1-2H3,(H2,21,22,23). The highest BCUT2D eigenvalue weighted by molar-refractivity contribution is 6.31. The van der Waals surface area contributed by atoms with Gasteiger partial charge in [-0.1, -0.05) is 49.6 Å². The zero-order chi connectivity index (χ0) is 17.3. The highest BCUT2D eigenvalue weighted by atomic mass is 35.5. The molecule has 24 heavy (non-hydrogen) atoms. The Kier molecular flexibility index (Phi) is 7.86. The normalized spacial score (nSPS) is 17.5. The Bertz CT molecular complexity index is 527. The number of nitrogens with zero attached hydrogens (tertiary/aromatic N) is 1. The summed E-state index contributed by atoms with van der Waals surface area (Å²) in [5.41, 5.74) is 1.21. The summed E-state index contributed by atoms with van der Waals surface area (Å²) in [6.07, 6.45) is 5.57.